The van der Waals surface area contributed by atoms with Crippen molar-refractivity contribution < 1.29 is 9.53 Å². The predicted molar refractivity (Wildman–Crippen MR) is 110 cm³/mol. The van der Waals surface area contributed by atoms with Gasteiger partial charge in [0.1, 0.15) is 6.07 Å². The van der Waals surface area contributed by atoms with Crippen molar-refractivity contribution in [2.24, 2.45) is 0 Å². The first-order chi connectivity index (χ1) is 12.4. The van der Waals surface area contributed by atoms with Gasteiger partial charge in [-0.2, -0.15) is 15.2 Å². The van der Waals surface area contributed by atoms with Crippen LogP contribution in [0.1, 0.15) is 32.4 Å². The highest BCUT2D eigenvalue weighted by Crippen LogP contribution is 2.27. The highest BCUT2D eigenvalue weighted by Gasteiger charge is 2.25. The lowest BCUT2D eigenvalue weighted by Gasteiger charge is -2.26. The Hall–Kier alpha value is -2.66. The van der Waals surface area contributed by atoms with Gasteiger partial charge in [-0.05, 0) is 31.5 Å². The number of rotatable bonds is 7. The molecular formula is C19H24BrN5O2. The molecule has 0 saturated heterocycles. The lowest BCUT2D eigenvalue weighted by molar-refractivity contribution is -0.119. The molecule has 2 aromatic rings. The van der Waals surface area contributed by atoms with Gasteiger partial charge in [-0.3, -0.25) is 4.79 Å². The van der Waals surface area contributed by atoms with E-state index in [1.165, 1.54) is 0 Å². The molecule has 1 heterocycles. The monoisotopic (exact) mass is 433 g/mol. The van der Waals surface area contributed by atoms with Gasteiger partial charge in [-0.15, -0.1) is 0 Å². The average molecular weight is 434 g/mol. The first kappa shape index (κ1) is 22.4. The summed E-state index contributed by atoms with van der Waals surface area (Å²) in [6.07, 6.45) is 0.270. The Kier molecular flexibility index (Phi) is 8.19. The number of likely N-dealkylation sites (N-methyl/N-ethyl adjacent to an activating group) is 1. The largest absolute Gasteiger partial charge is 0.477 e. The topological polar surface area (TPSA) is 105 Å². The molecule has 0 fully saturated rings. The molecule has 8 heteroatoms. The van der Waals surface area contributed by atoms with Crippen molar-refractivity contribution in [3.05, 3.63) is 39.9 Å². The number of nitrogens with zero attached hydrogens (tertiary/aromatic N) is 4. The van der Waals surface area contributed by atoms with E-state index in [1.54, 1.807) is 25.8 Å². The van der Waals surface area contributed by atoms with E-state index in [0.29, 0.717) is 6.61 Å². The first-order valence-corrected chi connectivity index (χ1v) is 8.87. The summed E-state index contributed by atoms with van der Waals surface area (Å²) < 4.78 is 6.30. The van der Waals surface area contributed by atoms with Crippen LogP contribution in [0.4, 0.5) is 11.8 Å². The van der Waals surface area contributed by atoms with Crippen molar-refractivity contribution in [3.8, 4) is 11.9 Å². The number of nitrogen functional groups attached to an aromatic ring is 1. The minimum atomic E-state index is -0.509. The number of hydrogen-bond acceptors (Lipinski definition) is 7. The Morgan fingerprint density at radius 2 is 2.15 bits per heavy atom. The molecule has 0 amide bonds. The van der Waals surface area contributed by atoms with Crippen LogP contribution in [0.5, 0.6) is 5.88 Å². The summed E-state index contributed by atoms with van der Waals surface area (Å²) >= 11 is 3.40. The Morgan fingerprint density at radius 1 is 1.44 bits per heavy atom. The molecule has 2 N–H and O–H groups in total. The van der Waals surface area contributed by atoms with Crippen molar-refractivity contribution >= 4 is 33.5 Å². The van der Waals surface area contributed by atoms with E-state index in [1.807, 2.05) is 30.3 Å². The molecule has 144 valence electrons. The Balaban J connectivity index is 0.00000364. The number of Topliss-reactive ketones (excluding diaryl/α,β-unsaturated/α-hetero) is 1. The number of hydrogen-bond donors (Lipinski definition) is 1. The van der Waals surface area contributed by atoms with Crippen molar-refractivity contribution in [2.45, 2.75) is 33.7 Å². The minimum Gasteiger partial charge on any atom is -0.477 e. The molecule has 0 aliphatic carbocycles. The molecule has 0 radical (unpaired) electrons. The van der Waals surface area contributed by atoms with E-state index in [9.17, 15) is 10.1 Å². The SMILES string of the molecule is C.CCOc1nc(N)nc(N(C)[C@@H](C)C(=O)Cc2cccc(Br)c2)c1C#N. The molecule has 27 heavy (non-hydrogen) atoms. The van der Waals surface area contributed by atoms with Crippen LogP contribution >= 0.6 is 15.9 Å². The van der Waals surface area contributed by atoms with E-state index >= 15 is 0 Å². The second-order valence-electron chi connectivity index (χ2n) is 5.69. The highest BCUT2D eigenvalue weighted by atomic mass is 79.9. The van der Waals surface area contributed by atoms with Gasteiger partial charge < -0.3 is 15.4 Å². The van der Waals surface area contributed by atoms with Crippen molar-refractivity contribution in [1.82, 2.24) is 9.97 Å². The van der Waals surface area contributed by atoms with Crippen LogP contribution in [0.3, 0.4) is 0 Å². The molecule has 0 spiro atoms. The fourth-order valence-corrected chi connectivity index (χ4v) is 2.88. The molecule has 0 aliphatic heterocycles. The summed E-state index contributed by atoms with van der Waals surface area (Å²) in [5.74, 6) is 0.375. The summed E-state index contributed by atoms with van der Waals surface area (Å²) in [4.78, 5) is 22.4. The molecule has 1 aromatic carbocycles. The molecule has 1 aromatic heterocycles. The second-order valence-corrected chi connectivity index (χ2v) is 6.61. The van der Waals surface area contributed by atoms with Crippen LogP contribution in [-0.4, -0.2) is 35.4 Å². The summed E-state index contributed by atoms with van der Waals surface area (Å²) in [5.41, 5.74) is 6.80. The lowest BCUT2D eigenvalue weighted by Crippen LogP contribution is -2.38. The van der Waals surface area contributed by atoms with Crippen molar-refractivity contribution in [2.75, 3.05) is 24.3 Å². The van der Waals surface area contributed by atoms with Gasteiger partial charge in [-0.25, -0.2) is 0 Å². The van der Waals surface area contributed by atoms with Gasteiger partial charge in [0.15, 0.2) is 17.2 Å². The zero-order valence-electron chi connectivity index (χ0n) is 14.9. The third-order valence-electron chi connectivity index (χ3n) is 3.92. The number of benzene rings is 1. The van der Waals surface area contributed by atoms with E-state index in [-0.39, 0.29) is 42.8 Å². The van der Waals surface area contributed by atoms with Gasteiger partial charge in [0.05, 0.1) is 12.6 Å². The van der Waals surface area contributed by atoms with Gasteiger partial charge in [0.25, 0.3) is 0 Å². The Morgan fingerprint density at radius 3 is 2.74 bits per heavy atom. The smallest absolute Gasteiger partial charge is 0.238 e. The summed E-state index contributed by atoms with van der Waals surface area (Å²) in [5, 5.41) is 9.48. The maximum absolute atomic E-state index is 12.7. The maximum atomic E-state index is 12.7. The molecule has 0 aliphatic rings. The molecule has 1 atom stereocenters. The summed E-state index contributed by atoms with van der Waals surface area (Å²) in [6.45, 7) is 3.89. The number of nitriles is 1. The number of halogens is 1. The van der Waals surface area contributed by atoms with Gasteiger partial charge in [0.2, 0.25) is 11.8 Å². The molecular weight excluding hydrogens is 410 g/mol. The van der Waals surface area contributed by atoms with E-state index in [4.69, 9.17) is 10.5 Å². The lowest BCUT2D eigenvalue weighted by atomic mass is 10.0. The molecule has 7 nitrogen and oxygen atoms in total. The zero-order valence-corrected chi connectivity index (χ0v) is 16.4. The third-order valence-corrected chi connectivity index (χ3v) is 4.41. The van der Waals surface area contributed by atoms with Crippen LogP contribution < -0.4 is 15.4 Å². The number of carbonyl (C=O) groups is 1. The number of ketones is 1. The van der Waals surface area contributed by atoms with E-state index in [0.717, 1.165) is 10.0 Å². The van der Waals surface area contributed by atoms with E-state index in [2.05, 4.69) is 25.9 Å². The zero-order chi connectivity index (χ0) is 19.3. The summed E-state index contributed by atoms with van der Waals surface area (Å²) in [7, 11) is 1.70. The fourth-order valence-electron chi connectivity index (χ4n) is 2.43. The van der Waals surface area contributed by atoms with Crippen LogP contribution in [-0.2, 0) is 11.2 Å². The number of aromatic nitrogens is 2. The van der Waals surface area contributed by atoms with Gasteiger partial charge >= 0.3 is 0 Å². The van der Waals surface area contributed by atoms with Gasteiger partial charge in [-0.1, -0.05) is 35.5 Å². The fraction of sp³-hybridized carbons (Fsp3) is 0.368. The van der Waals surface area contributed by atoms with Crippen molar-refractivity contribution in [3.63, 3.8) is 0 Å². The third kappa shape index (κ3) is 5.41. The minimum absolute atomic E-state index is 0. The van der Waals surface area contributed by atoms with Crippen molar-refractivity contribution in [1.29, 1.82) is 5.26 Å². The highest BCUT2D eigenvalue weighted by molar-refractivity contribution is 9.10. The number of nitrogens with two attached hydrogens (primary N) is 1. The first-order valence-electron chi connectivity index (χ1n) is 8.07. The number of anilines is 2. The quantitative estimate of drug-likeness (QED) is 0.712. The normalized spacial score (nSPS) is 11.1. The maximum Gasteiger partial charge on any atom is 0.238 e. The molecule has 0 bridgehead atoms. The predicted octanol–water partition coefficient (Wildman–Crippen LogP) is 3.36. The standard InChI is InChI=1S/C18H20BrN5O2.CH4/c1-4-26-17-14(10-20)16(22-18(21)23-17)24(3)11(2)15(25)9-12-6-5-7-13(19)8-12;/h5-8,11H,4,9H2,1-3H3,(H2,21,22,23);1H4/t11-;/m0./s1. The van der Waals surface area contributed by atoms with Crippen LogP contribution in [0.25, 0.3) is 0 Å². The number of ether oxygens (including phenoxy) is 1. The van der Waals surface area contributed by atoms with E-state index < -0.39 is 6.04 Å². The van der Waals surface area contributed by atoms with Crippen LogP contribution in [0.2, 0.25) is 0 Å². The molecule has 0 saturated carbocycles. The van der Waals surface area contributed by atoms with Crippen LogP contribution in [0.15, 0.2) is 28.7 Å². The molecule has 2 rings (SSSR count). The number of carbonyl (C=O) groups excluding carboxylic acids is 1. The Labute approximate surface area is 168 Å². The Bertz CT molecular complexity index is 850. The second kappa shape index (κ2) is 9.88. The summed E-state index contributed by atoms with van der Waals surface area (Å²) in [6, 6.07) is 9.12. The average Bonchev–Trinajstić information content (AvgIpc) is 2.60. The van der Waals surface area contributed by atoms with Crippen LogP contribution in [0, 0.1) is 11.3 Å². The molecule has 0 unspecified atom stereocenters. The van der Waals surface area contributed by atoms with Gasteiger partial charge in [0, 0.05) is 17.9 Å².